The van der Waals surface area contributed by atoms with Gasteiger partial charge in [-0.25, -0.2) is 4.79 Å². The van der Waals surface area contributed by atoms with Crippen molar-refractivity contribution < 1.29 is 38.0 Å². The highest BCUT2D eigenvalue weighted by Gasteiger charge is 2.40. The van der Waals surface area contributed by atoms with Crippen LogP contribution in [0.5, 0.6) is 0 Å². The first-order valence-electron chi connectivity index (χ1n) is 6.63. The molecule has 0 amide bonds. The Labute approximate surface area is 140 Å². The van der Waals surface area contributed by atoms with Crippen molar-refractivity contribution in [3.8, 4) is 0 Å². The molecule has 0 saturated carbocycles. The zero-order chi connectivity index (χ0) is 14.7. The third kappa shape index (κ3) is 5.53. The predicted octanol–water partition coefficient (Wildman–Crippen LogP) is -0.141. The average molecular weight is 407 g/mol. The molecule has 0 radical (unpaired) electrons. The molecule has 0 aromatic heterocycles. The summed E-state index contributed by atoms with van der Waals surface area (Å²) in [6, 6.07) is 9.67. The summed E-state index contributed by atoms with van der Waals surface area (Å²) in [6.45, 7) is 6.98. The molecule has 0 N–H and O–H groups in total. The summed E-state index contributed by atoms with van der Waals surface area (Å²) in [5.41, 5.74) is 1.03. The average Bonchev–Trinajstić information content (AvgIpc) is 2.26. The number of ether oxygens (including phenoxy) is 1. The Kier molecular flexibility index (Phi) is 7.41. The maximum Gasteiger partial charge on any atom is 0.369 e. The van der Waals surface area contributed by atoms with E-state index < -0.39 is 8.07 Å². The van der Waals surface area contributed by atoms with E-state index in [0.717, 1.165) is 11.7 Å². The predicted molar refractivity (Wildman–Crippen MR) is 81.5 cm³/mol. The summed E-state index contributed by atoms with van der Waals surface area (Å²) < 4.78 is 5.67. The van der Waals surface area contributed by atoms with E-state index in [-0.39, 0.29) is 36.0 Å². The Balaban J connectivity index is 0.00000361. The van der Waals surface area contributed by atoms with E-state index in [2.05, 4.69) is 33.7 Å². The molecule has 1 unspecified atom stereocenters. The van der Waals surface area contributed by atoms with Crippen molar-refractivity contribution in [3.63, 3.8) is 0 Å². The van der Waals surface area contributed by atoms with Crippen molar-refractivity contribution in [2.45, 2.75) is 25.7 Å². The van der Waals surface area contributed by atoms with E-state index in [1.807, 2.05) is 30.3 Å². The minimum absolute atomic E-state index is 0. The van der Waals surface area contributed by atoms with Crippen LogP contribution in [0.2, 0.25) is 19.6 Å². The smallest absolute Gasteiger partial charge is 0.369 e. The van der Waals surface area contributed by atoms with Crippen LogP contribution in [0.25, 0.3) is 0 Å². The Bertz CT molecular complexity index is 429. The van der Waals surface area contributed by atoms with Crippen molar-refractivity contribution in [3.05, 3.63) is 35.9 Å². The lowest BCUT2D eigenvalue weighted by atomic mass is 10.0. The molecular formula is C15H26INO2Si. The fourth-order valence-electron chi connectivity index (χ4n) is 2.89. The van der Waals surface area contributed by atoms with E-state index in [1.165, 1.54) is 7.11 Å². The molecule has 20 heavy (non-hydrogen) atoms. The lowest BCUT2D eigenvalue weighted by Gasteiger charge is -2.40. The molecule has 0 aliphatic rings. The topological polar surface area (TPSA) is 26.3 Å². The number of quaternary nitrogens is 1. The Morgan fingerprint density at radius 3 is 2.10 bits per heavy atom. The van der Waals surface area contributed by atoms with Gasteiger partial charge in [-0.1, -0.05) is 50.0 Å². The maximum atomic E-state index is 12.2. The van der Waals surface area contributed by atoms with Gasteiger partial charge in [0, 0.05) is 5.56 Å². The van der Waals surface area contributed by atoms with Crippen molar-refractivity contribution in [2.24, 2.45) is 0 Å². The molecule has 0 aliphatic heterocycles. The molecule has 0 aliphatic carbocycles. The highest BCUT2D eigenvalue weighted by atomic mass is 127. The van der Waals surface area contributed by atoms with Crippen LogP contribution < -0.4 is 24.0 Å². The number of halogens is 1. The molecule has 0 spiro atoms. The minimum Gasteiger partial charge on any atom is -1.00 e. The molecule has 1 atom stereocenters. The quantitative estimate of drug-likeness (QED) is 0.294. The van der Waals surface area contributed by atoms with Crippen molar-refractivity contribution >= 4 is 14.0 Å². The number of likely N-dealkylation sites (N-methyl/N-ethyl adjacent to an activating group) is 1. The van der Waals surface area contributed by atoms with Crippen molar-refractivity contribution in [1.82, 2.24) is 0 Å². The molecule has 114 valence electrons. The number of hydrogen-bond donors (Lipinski definition) is 0. The van der Waals surface area contributed by atoms with E-state index in [4.69, 9.17) is 4.74 Å². The number of carbonyl (C=O) groups excluding carboxylic acids is 1. The molecule has 0 fully saturated rings. The zero-order valence-electron chi connectivity index (χ0n) is 13.3. The first kappa shape index (κ1) is 19.6. The zero-order valence-corrected chi connectivity index (χ0v) is 16.5. The number of carbonyl (C=O) groups is 1. The van der Waals surface area contributed by atoms with E-state index in [0.29, 0.717) is 4.48 Å². The van der Waals surface area contributed by atoms with Crippen LogP contribution in [0.4, 0.5) is 0 Å². The van der Waals surface area contributed by atoms with Gasteiger partial charge in [-0.05, 0) is 0 Å². The van der Waals surface area contributed by atoms with E-state index >= 15 is 0 Å². The fraction of sp³-hybridized carbons (Fsp3) is 0.533. The largest absolute Gasteiger partial charge is 1.00 e. The van der Waals surface area contributed by atoms with Gasteiger partial charge in [0.15, 0.2) is 0 Å². The number of hydrogen-bond acceptors (Lipinski definition) is 2. The SMILES string of the molecule is COC(=O)C(c1ccccc1)[N+](C)(C)C[Si](C)(C)C.[I-]. The van der Waals surface area contributed by atoms with Crippen molar-refractivity contribution in [2.75, 3.05) is 27.4 Å². The highest BCUT2D eigenvalue weighted by Crippen LogP contribution is 2.28. The molecular weight excluding hydrogens is 381 g/mol. The first-order chi connectivity index (χ1) is 8.67. The van der Waals surface area contributed by atoms with Crippen LogP contribution in [0.1, 0.15) is 11.6 Å². The number of rotatable bonds is 5. The van der Waals surface area contributed by atoms with Crippen LogP contribution in [0.15, 0.2) is 30.3 Å². The standard InChI is InChI=1S/C15H26NO2Si.HI/c1-16(2,12-19(4,5)6)14(15(17)18-3)13-10-8-7-9-11-13;/h7-11,14H,12H2,1-6H3;1H/q+1;/p-1. The maximum absolute atomic E-state index is 12.2. The molecule has 0 bridgehead atoms. The summed E-state index contributed by atoms with van der Waals surface area (Å²) in [5.74, 6) is -0.158. The van der Waals surface area contributed by atoms with Gasteiger partial charge in [0.05, 0.1) is 27.4 Å². The normalized spacial score (nSPS) is 13.3. The van der Waals surface area contributed by atoms with Crippen molar-refractivity contribution in [1.29, 1.82) is 0 Å². The third-order valence-electron chi connectivity index (χ3n) is 3.12. The van der Waals surface area contributed by atoms with Crippen LogP contribution in [-0.4, -0.2) is 45.9 Å². The summed E-state index contributed by atoms with van der Waals surface area (Å²) in [5, 5.41) is 0. The second kappa shape index (κ2) is 7.56. The number of methoxy groups -OCH3 is 1. The number of esters is 1. The molecule has 3 nitrogen and oxygen atoms in total. The summed E-state index contributed by atoms with van der Waals surface area (Å²) in [6.07, 6.45) is 1.03. The first-order valence-corrected chi connectivity index (χ1v) is 10.3. The Morgan fingerprint density at radius 2 is 1.70 bits per heavy atom. The second-order valence-electron chi connectivity index (χ2n) is 6.83. The lowest BCUT2D eigenvalue weighted by Crippen LogP contribution is -3.00. The van der Waals surface area contributed by atoms with Gasteiger partial charge in [0.25, 0.3) is 0 Å². The van der Waals surface area contributed by atoms with Crippen LogP contribution in [-0.2, 0) is 9.53 Å². The molecule has 0 saturated heterocycles. The lowest BCUT2D eigenvalue weighted by molar-refractivity contribution is -0.903. The molecule has 0 heterocycles. The summed E-state index contributed by atoms with van der Waals surface area (Å²) in [7, 11) is 4.42. The van der Waals surface area contributed by atoms with Gasteiger partial charge in [0.1, 0.15) is 8.07 Å². The molecule has 1 rings (SSSR count). The van der Waals surface area contributed by atoms with E-state index in [1.54, 1.807) is 0 Å². The monoisotopic (exact) mass is 407 g/mol. The number of nitrogens with zero attached hydrogens (tertiary/aromatic N) is 1. The van der Waals surface area contributed by atoms with Gasteiger partial charge in [-0.15, -0.1) is 0 Å². The van der Waals surface area contributed by atoms with Crippen LogP contribution >= 0.6 is 0 Å². The van der Waals surface area contributed by atoms with Gasteiger partial charge >= 0.3 is 5.97 Å². The van der Waals surface area contributed by atoms with Gasteiger partial charge in [0.2, 0.25) is 6.04 Å². The number of benzene rings is 1. The fourth-order valence-corrected chi connectivity index (χ4v) is 5.51. The molecule has 5 heteroatoms. The minimum atomic E-state index is -1.28. The molecule has 1 aromatic rings. The van der Waals surface area contributed by atoms with Crippen LogP contribution in [0.3, 0.4) is 0 Å². The Morgan fingerprint density at radius 1 is 1.20 bits per heavy atom. The third-order valence-corrected chi connectivity index (χ3v) is 4.88. The van der Waals surface area contributed by atoms with Gasteiger partial charge < -0.3 is 33.2 Å². The van der Waals surface area contributed by atoms with E-state index in [9.17, 15) is 4.79 Å². The van der Waals surface area contributed by atoms with Gasteiger partial charge in [-0.2, -0.15) is 0 Å². The second-order valence-corrected chi connectivity index (χ2v) is 12.3. The Hall–Kier alpha value is -0.403. The summed E-state index contributed by atoms with van der Waals surface area (Å²) in [4.78, 5) is 12.2. The van der Waals surface area contributed by atoms with Crippen LogP contribution in [0, 0.1) is 0 Å². The molecule has 1 aromatic carbocycles. The van der Waals surface area contributed by atoms with Gasteiger partial charge in [-0.3, -0.25) is 0 Å². The highest BCUT2D eigenvalue weighted by molar-refractivity contribution is 6.76. The summed E-state index contributed by atoms with van der Waals surface area (Å²) >= 11 is 0.